The van der Waals surface area contributed by atoms with E-state index in [1.54, 1.807) is 0 Å². The highest BCUT2D eigenvalue weighted by Crippen LogP contribution is 2.38. The first-order valence-corrected chi connectivity index (χ1v) is 6.47. The fourth-order valence-electron chi connectivity index (χ4n) is 2.85. The van der Waals surface area contributed by atoms with Crippen molar-refractivity contribution in [1.29, 1.82) is 0 Å². The normalized spacial score (nSPS) is 28.6. The Hall–Kier alpha value is -1.26. The molecule has 0 aliphatic heterocycles. The van der Waals surface area contributed by atoms with Gasteiger partial charge in [0.25, 0.3) is 0 Å². The summed E-state index contributed by atoms with van der Waals surface area (Å²) in [4.78, 5) is 0. The molecule has 17 heavy (non-hydrogen) atoms. The molecule has 1 heteroatoms. The molecule has 1 fully saturated rings. The van der Waals surface area contributed by atoms with Crippen molar-refractivity contribution in [2.45, 2.75) is 44.1 Å². The van der Waals surface area contributed by atoms with E-state index in [0.29, 0.717) is 11.8 Å². The van der Waals surface area contributed by atoms with Gasteiger partial charge in [0.1, 0.15) is 0 Å². The van der Waals surface area contributed by atoms with Gasteiger partial charge in [-0.15, -0.1) is 12.3 Å². The lowest BCUT2D eigenvalue weighted by atomic mass is 9.75. The topological polar surface area (TPSA) is 20.2 Å². The van der Waals surface area contributed by atoms with E-state index in [9.17, 15) is 5.11 Å². The summed E-state index contributed by atoms with van der Waals surface area (Å²) in [5, 5.41) is 9.99. The van der Waals surface area contributed by atoms with Crippen molar-refractivity contribution in [2.24, 2.45) is 5.92 Å². The zero-order chi connectivity index (χ0) is 12.1. The highest BCUT2D eigenvalue weighted by molar-refractivity contribution is 5.20. The van der Waals surface area contributed by atoms with Crippen LogP contribution in [0.2, 0.25) is 0 Å². The standard InChI is InChI=1S/C16H20O/c1-2-3-7-15-12-14(10-11-16(15)17)13-8-5-4-6-9-13/h1,4-6,8-9,14-17H,3,7,10-12H2. The highest BCUT2D eigenvalue weighted by atomic mass is 16.3. The molecule has 1 saturated carbocycles. The van der Waals surface area contributed by atoms with E-state index in [0.717, 1.165) is 32.1 Å². The van der Waals surface area contributed by atoms with E-state index < -0.39 is 0 Å². The third kappa shape index (κ3) is 3.11. The molecular weight excluding hydrogens is 208 g/mol. The van der Waals surface area contributed by atoms with Gasteiger partial charge in [0.2, 0.25) is 0 Å². The van der Waals surface area contributed by atoms with Crippen LogP contribution in [0, 0.1) is 18.3 Å². The first-order chi connectivity index (χ1) is 8.31. The highest BCUT2D eigenvalue weighted by Gasteiger charge is 2.29. The fourth-order valence-corrected chi connectivity index (χ4v) is 2.85. The second-order valence-electron chi connectivity index (χ2n) is 4.99. The van der Waals surface area contributed by atoms with Crippen LogP contribution in [0.3, 0.4) is 0 Å². The molecule has 1 aromatic rings. The van der Waals surface area contributed by atoms with Crippen LogP contribution in [0.1, 0.15) is 43.6 Å². The van der Waals surface area contributed by atoms with Crippen molar-refractivity contribution in [1.82, 2.24) is 0 Å². The maximum Gasteiger partial charge on any atom is 0.0569 e. The number of benzene rings is 1. The van der Waals surface area contributed by atoms with Crippen molar-refractivity contribution >= 4 is 0 Å². The van der Waals surface area contributed by atoms with Gasteiger partial charge in [0, 0.05) is 6.42 Å². The lowest BCUT2D eigenvalue weighted by Crippen LogP contribution is -2.28. The predicted octanol–water partition coefficient (Wildman–Crippen LogP) is 3.34. The first-order valence-electron chi connectivity index (χ1n) is 6.47. The van der Waals surface area contributed by atoms with Crippen LogP contribution in [0.25, 0.3) is 0 Å². The number of aliphatic hydroxyl groups excluding tert-OH is 1. The minimum Gasteiger partial charge on any atom is -0.393 e. The summed E-state index contributed by atoms with van der Waals surface area (Å²) >= 11 is 0. The molecule has 1 aliphatic rings. The Morgan fingerprint density at radius 2 is 2.00 bits per heavy atom. The summed E-state index contributed by atoms with van der Waals surface area (Å²) < 4.78 is 0. The van der Waals surface area contributed by atoms with Crippen LogP contribution in [0.4, 0.5) is 0 Å². The molecular formula is C16H20O. The van der Waals surface area contributed by atoms with Crippen molar-refractivity contribution in [3.8, 4) is 12.3 Å². The van der Waals surface area contributed by atoms with E-state index >= 15 is 0 Å². The third-order valence-electron chi connectivity index (χ3n) is 3.87. The van der Waals surface area contributed by atoms with Crippen molar-refractivity contribution < 1.29 is 5.11 Å². The van der Waals surface area contributed by atoms with Crippen molar-refractivity contribution in [2.75, 3.05) is 0 Å². The Kier molecular flexibility index (Phi) is 4.23. The minimum atomic E-state index is -0.150. The number of rotatable bonds is 3. The molecule has 1 nitrogen and oxygen atoms in total. The molecule has 3 atom stereocenters. The van der Waals surface area contributed by atoms with E-state index in [-0.39, 0.29) is 6.10 Å². The van der Waals surface area contributed by atoms with Gasteiger partial charge in [-0.05, 0) is 43.1 Å². The molecule has 1 aromatic carbocycles. The summed E-state index contributed by atoms with van der Waals surface area (Å²) in [5.74, 6) is 3.66. The molecule has 0 amide bonds. The third-order valence-corrected chi connectivity index (χ3v) is 3.87. The molecule has 0 heterocycles. The number of terminal acetylenes is 1. The van der Waals surface area contributed by atoms with E-state index in [2.05, 4.69) is 36.3 Å². The van der Waals surface area contributed by atoms with Crippen LogP contribution in [0.5, 0.6) is 0 Å². The molecule has 3 unspecified atom stereocenters. The molecule has 0 radical (unpaired) electrons. The number of hydrogen-bond acceptors (Lipinski definition) is 1. The lowest BCUT2D eigenvalue weighted by Gasteiger charge is -2.33. The number of aliphatic hydroxyl groups is 1. The Morgan fingerprint density at radius 1 is 1.24 bits per heavy atom. The Labute approximate surface area is 104 Å². The zero-order valence-electron chi connectivity index (χ0n) is 10.2. The van der Waals surface area contributed by atoms with Gasteiger partial charge >= 0.3 is 0 Å². The van der Waals surface area contributed by atoms with E-state index in [4.69, 9.17) is 6.42 Å². The van der Waals surface area contributed by atoms with E-state index in [1.165, 1.54) is 5.56 Å². The first kappa shape index (κ1) is 12.2. The summed E-state index contributed by atoms with van der Waals surface area (Å²) in [5.41, 5.74) is 1.41. The molecule has 90 valence electrons. The summed E-state index contributed by atoms with van der Waals surface area (Å²) in [6.45, 7) is 0. The Bertz CT molecular complexity index is 376. The van der Waals surface area contributed by atoms with Crippen LogP contribution < -0.4 is 0 Å². The second kappa shape index (κ2) is 5.89. The maximum absolute atomic E-state index is 9.99. The van der Waals surface area contributed by atoms with Gasteiger partial charge in [0.15, 0.2) is 0 Å². The molecule has 2 rings (SSSR count). The monoisotopic (exact) mass is 228 g/mol. The molecule has 0 bridgehead atoms. The smallest absolute Gasteiger partial charge is 0.0569 e. The molecule has 1 aliphatic carbocycles. The molecule has 0 saturated heterocycles. The zero-order valence-corrected chi connectivity index (χ0v) is 10.2. The summed E-state index contributed by atoms with van der Waals surface area (Å²) in [6, 6.07) is 10.6. The van der Waals surface area contributed by atoms with Crippen LogP contribution in [-0.2, 0) is 0 Å². The SMILES string of the molecule is C#CCCC1CC(c2ccccc2)CCC1O. The number of hydrogen-bond donors (Lipinski definition) is 1. The molecule has 0 spiro atoms. The average molecular weight is 228 g/mol. The quantitative estimate of drug-likeness (QED) is 0.787. The molecule has 0 aromatic heterocycles. The van der Waals surface area contributed by atoms with Crippen molar-refractivity contribution in [3.63, 3.8) is 0 Å². The van der Waals surface area contributed by atoms with Crippen LogP contribution >= 0.6 is 0 Å². The predicted molar refractivity (Wildman–Crippen MR) is 70.6 cm³/mol. The largest absolute Gasteiger partial charge is 0.393 e. The summed E-state index contributed by atoms with van der Waals surface area (Å²) in [7, 11) is 0. The maximum atomic E-state index is 9.99. The Balaban J connectivity index is 2.00. The Morgan fingerprint density at radius 3 is 2.71 bits per heavy atom. The van der Waals surface area contributed by atoms with Crippen molar-refractivity contribution in [3.05, 3.63) is 35.9 Å². The van der Waals surface area contributed by atoms with Gasteiger partial charge in [-0.1, -0.05) is 30.3 Å². The van der Waals surface area contributed by atoms with E-state index in [1.807, 2.05) is 0 Å². The molecule has 1 N–H and O–H groups in total. The summed E-state index contributed by atoms with van der Waals surface area (Å²) in [6.07, 6.45) is 9.98. The van der Waals surface area contributed by atoms with Gasteiger partial charge in [-0.2, -0.15) is 0 Å². The van der Waals surface area contributed by atoms with Crippen LogP contribution in [0.15, 0.2) is 30.3 Å². The van der Waals surface area contributed by atoms with Gasteiger partial charge < -0.3 is 5.11 Å². The lowest BCUT2D eigenvalue weighted by molar-refractivity contribution is 0.0582. The average Bonchev–Trinajstić information content (AvgIpc) is 2.39. The fraction of sp³-hybridized carbons (Fsp3) is 0.500. The van der Waals surface area contributed by atoms with Crippen LogP contribution in [-0.4, -0.2) is 11.2 Å². The second-order valence-corrected chi connectivity index (χ2v) is 4.99. The van der Waals surface area contributed by atoms with Gasteiger partial charge in [-0.3, -0.25) is 0 Å². The van der Waals surface area contributed by atoms with Gasteiger partial charge in [-0.25, -0.2) is 0 Å². The minimum absolute atomic E-state index is 0.150. The van der Waals surface area contributed by atoms with Gasteiger partial charge in [0.05, 0.1) is 6.10 Å².